The average molecular weight is 236 g/mol. The van der Waals surface area contributed by atoms with Crippen LogP contribution < -0.4 is 0 Å². The van der Waals surface area contributed by atoms with Crippen LogP contribution in [0.2, 0.25) is 0 Å². The van der Waals surface area contributed by atoms with Crippen molar-refractivity contribution in [3.05, 3.63) is 36.1 Å². The van der Waals surface area contributed by atoms with Crippen LogP contribution in [0.15, 0.2) is 36.1 Å². The molecule has 17 heavy (non-hydrogen) atoms. The molecule has 0 saturated heterocycles. The number of hydrogen-bond acceptors (Lipinski definition) is 3. The number of hydrogen-bond donors (Lipinski definition) is 0. The van der Waals surface area contributed by atoms with Gasteiger partial charge in [0, 0.05) is 12.3 Å². The third kappa shape index (κ3) is 2.99. The molecule has 0 N–H and O–H groups in total. The first-order chi connectivity index (χ1) is 8.01. The monoisotopic (exact) mass is 236 g/mol. The summed E-state index contributed by atoms with van der Waals surface area (Å²) in [5.41, 5.74) is 1.58. The predicted molar refractivity (Wildman–Crippen MR) is 67.3 cm³/mol. The zero-order valence-electron chi connectivity index (χ0n) is 10.8. The molecule has 0 aromatic carbocycles. The van der Waals surface area contributed by atoms with Gasteiger partial charge in [-0.3, -0.25) is 0 Å². The van der Waals surface area contributed by atoms with Gasteiger partial charge in [-0.15, -0.1) is 6.58 Å². The quantitative estimate of drug-likeness (QED) is 0.544. The van der Waals surface area contributed by atoms with Gasteiger partial charge < -0.3 is 9.47 Å². The van der Waals surface area contributed by atoms with Gasteiger partial charge in [-0.1, -0.05) is 26.5 Å². The fraction of sp³-hybridized carbons (Fsp3) is 0.500. The summed E-state index contributed by atoms with van der Waals surface area (Å²) in [5.74, 6) is 0.597. The Labute approximate surface area is 103 Å². The molecule has 1 atom stereocenters. The summed E-state index contributed by atoms with van der Waals surface area (Å²) in [6.07, 6.45) is 2.91. The summed E-state index contributed by atoms with van der Waals surface area (Å²) >= 11 is 0. The third-order valence-electron chi connectivity index (χ3n) is 2.77. The summed E-state index contributed by atoms with van der Waals surface area (Å²) in [7, 11) is 1.39. The molecule has 0 aromatic rings. The van der Waals surface area contributed by atoms with E-state index in [2.05, 4.69) is 13.2 Å². The van der Waals surface area contributed by atoms with Crippen LogP contribution in [0.4, 0.5) is 0 Å². The minimum Gasteiger partial charge on any atom is -0.489 e. The molecule has 94 valence electrons. The molecule has 1 heterocycles. The van der Waals surface area contributed by atoms with E-state index < -0.39 is 0 Å². The first-order valence-corrected chi connectivity index (χ1v) is 5.77. The molecule has 0 fully saturated rings. The zero-order chi connectivity index (χ0) is 13.0. The SMILES string of the molecule is C=CCC(=C)C1CC(C(=O)OC)=C(C(C)C)O1. The predicted octanol–water partition coefficient (Wildman–Crippen LogP) is 2.99. The van der Waals surface area contributed by atoms with Crippen LogP contribution in [-0.2, 0) is 14.3 Å². The molecule has 0 aliphatic carbocycles. The maximum absolute atomic E-state index is 11.6. The van der Waals surface area contributed by atoms with Gasteiger partial charge in [-0.2, -0.15) is 0 Å². The van der Waals surface area contributed by atoms with Crippen LogP contribution in [0.25, 0.3) is 0 Å². The minimum absolute atomic E-state index is 0.125. The van der Waals surface area contributed by atoms with Gasteiger partial charge in [0.25, 0.3) is 0 Å². The second kappa shape index (κ2) is 5.71. The zero-order valence-corrected chi connectivity index (χ0v) is 10.8. The van der Waals surface area contributed by atoms with Gasteiger partial charge in [0.15, 0.2) is 0 Å². The van der Waals surface area contributed by atoms with Gasteiger partial charge in [0.2, 0.25) is 0 Å². The van der Waals surface area contributed by atoms with Crippen LogP contribution in [0.5, 0.6) is 0 Å². The molecule has 0 aromatic heterocycles. The van der Waals surface area contributed by atoms with Crippen LogP contribution in [0.3, 0.4) is 0 Å². The minimum atomic E-state index is -0.303. The third-order valence-corrected chi connectivity index (χ3v) is 2.77. The lowest BCUT2D eigenvalue weighted by Crippen LogP contribution is -2.10. The van der Waals surface area contributed by atoms with E-state index in [9.17, 15) is 4.79 Å². The molecule has 1 unspecified atom stereocenters. The number of methoxy groups -OCH3 is 1. The molecule has 1 rings (SSSR count). The lowest BCUT2D eigenvalue weighted by molar-refractivity contribution is -0.136. The number of ether oxygens (including phenoxy) is 2. The van der Waals surface area contributed by atoms with Crippen molar-refractivity contribution in [1.82, 2.24) is 0 Å². The maximum Gasteiger partial charge on any atom is 0.337 e. The van der Waals surface area contributed by atoms with E-state index in [1.807, 2.05) is 13.8 Å². The fourth-order valence-electron chi connectivity index (χ4n) is 1.89. The summed E-state index contributed by atoms with van der Waals surface area (Å²) in [6, 6.07) is 0. The smallest absolute Gasteiger partial charge is 0.337 e. The first kappa shape index (κ1) is 13.6. The molecule has 3 heteroatoms. The van der Waals surface area contributed by atoms with Crippen molar-refractivity contribution in [1.29, 1.82) is 0 Å². The van der Waals surface area contributed by atoms with Crippen LogP contribution in [0, 0.1) is 5.92 Å². The van der Waals surface area contributed by atoms with E-state index >= 15 is 0 Å². The topological polar surface area (TPSA) is 35.5 Å². The molecule has 1 aliphatic rings. The molecule has 0 radical (unpaired) electrons. The van der Waals surface area contributed by atoms with Crippen molar-refractivity contribution in [2.75, 3.05) is 7.11 Å². The Morgan fingerprint density at radius 1 is 1.65 bits per heavy atom. The van der Waals surface area contributed by atoms with Gasteiger partial charge in [-0.05, 0) is 12.0 Å². The molecule has 0 spiro atoms. The Morgan fingerprint density at radius 3 is 2.76 bits per heavy atom. The van der Waals surface area contributed by atoms with Gasteiger partial charge >= 0.3 is 5.97 Å². The molecular weight excluding hydrogens is 216 g/mol. The maximum atomic E-state index is 11.6. The molecule has 0 bridgehead atoms. The van der Waals surface area contributed by atoms with E-state index in [0.29, 0.717) is 18.4 Å². The van der Waals surface area contributed by atoms with Crippen LogP contribution >= 0.6 is 0 Å². The van der Waals surface area contributed by atoms with Crippen molar-refractivity contribution in [2.24, 2.45) is 5.92 Å². The second-order valence-electron chi connectivity index (χ2n) is 4.45. The van der Waals surface area contributed by atoms with Crippen molar-refractivity contribution >= 4 is 5.97 Å². The fourth-order valence-corrected chi connectivity index (χ4v) is 1.89. The highest BCUT2D eigenvalue weighted by Crippen LogP contribution is 2.34. The molecule has 3 nitrogen and oxygen atoms in total. The van der Waals surface area contributed by atoms with Gasteiger partial charge in [-0.25, -0.2) is 4.79 Å². The Morgan fingerprint density at radius 2 is 2.29 bits per heavy atom. The van der Waals surface area contributed by atoms with E-state index in [-0.39, 0.29) is 18.0 Å². The lowest BCUT2D eigenvalue weighted by atomic mass is 10.0. The van der Waals surface area contributed by atoms with Crippen molar-refractivity contribution in [2.45, 2.75) is 32.8 Å². The molecule has 1 aliphatic heterocycles. The number of esters is 1. The average Bonchev–Trinajstić information content (AvgIpc) is 2.73. The summed E-state index contributed by atoms with van der Waals surface area (Å²) in [4.78, 5) is 11.6. The lowest BCUT2D eigenvalue weighted by Gasteiger charge is -2.16. The summed E-state index contributed by atoms with van der Waals surface area (Å²) < 4.78 is 10.6. The summed E-state index contributed by atoms with van der Waals surface area (Å²) in [5, 5.41) is 0. The van der Waals surface area contributed by atoms with Crippen LogP contribution in [-0.4, -0.2) is 19.2 Å². The Bertz CT molecular complexity index is 364. The van der Waals surface area contributed by atoms with Gasteiger partial charge in [0.1, 0.15) is 11.9 Å². The first-order valence-electron chi connectivity index (χ1n) is 5.77. The highest BCUT2D eigenvalue weighted by atomic mass is 16.5. The van der Waals surface area contributed by atoms with Gasteiger partial charge in [0.05, 0.1) is 12.7 Å². The highest BCUT2D eigenvalue weighted by molar-refractivity contribution is 5.89. The van der Waals surface area contributed by atoms with Crippen LogP contribution in [0.1, 0.15) is 26.7 Å². The Hall–Kier alpha value is -1.51. The highest BCUT2D eigenvalue weighted by Gasteiger charge is 2.33. The van der Waals surface area contributed by atoms with E-state index in [0.717, 1.165) is 11.3 Å². The Kier molecular flexibility index (Phi) is 4.55. The van der Waals surface area contributed by atoms with E-state index in [4.69, 9.17) is 9.47 Å². The number of carbonyl (C=O) groups is 1. The van der Waals surface area contributed by atoms with E-state index in [1.165, 1.54) is 7.11 Å². The van der Waals surface area contributed by atoms with E-state index in [1.54, 1.807) is 6.08 Å². The molecule has 0 amide bonds. The number of rotatable bonds is 5. The van der Waals surface area contributed by atoms with Crippen molar-refractivity contribution in [3.63, 3.8) is 0 Å². The standard InChI is InChI=1S/C14H20O3/c1-6-7-10(4)12-8-11(14(15)16-5)13(17-12)9(2)3/h6,9,12H,1,4,7-8H2,2-3,5H3. The second-order valence-corrected chi connectivity index (χ2v) is 4.45. The Balaban J connectivity index is 2.85. The number of allylic oxidation sites excluding steroid dienone is 2. The van der Waals surface area contributed by atoms with Crippen molar-refractivity contribution in [3.8, 4) is 0 Å². The molecule has 0 saturated carbocycles. The number of carbonyl (C=O) groups excluding carboxylic acids is 1. The molecular formula is C14H20O3. The van der Waals surface area contributed by atoms with Crippen molar-refractivity contribution < 1.29 is 14.3 Å². The normalized spacial score (nSPS) is 19.2. The largest absolute Gasteiger partial charge is 0.489 e. The summed E-state index contributed by atoms with van der Waals surface area (Å²) in [6.45, 7) is 11.6.